The minimum absolute atomic E-state index is 0.0303. The normalized spacial score (nSPS) is 17.9. The summed E-state index contributed by atoms with van der Waals surface area (Å²) in [6.45, 7) is 4.56. The van der Waals surface area contributed by atoms with Gasteiger partial charge in [-0.1, -0.05) is 0 Å². The van der Waals surface area contributed by atoms with Crippen LogP contribution >= 0.6 is 0 Å². The summed E-state index contributed by atoms with van der Waals surface area (Å²) < 4.78 is 45.3. The van der Waals surface area contributed by atoms with E-state index in [-0.39, 0.29) is 23.5 Å². The topological polar surface area (TPSA) is 68.2 Å². The largest absolute Gasteiger partial charge is 0.469 e. The summed E-state index contributed by atoms with van der Waals surface area (Å²) in [6, 6.07) is 4.20. The van der Waals surface area contributed by atoms with Gasteiger partial charge in [0.25, 0.3) is 0 Å². The molecule has 0 amide bonds. The number of pyridine rings is 1. The van der Waals surface area contributed by atoms with Crippen LogP contribution in [0.1, 0.15) is 32.4 Å². The average molecular weight is 408 g/mol. The molecular weight excluding hydrogens is 385 g/mol. The minimum Gasteiger partial charge on any atom is -0.469 e. The molecule has 0 radical (unpaired) electrons. The van der Waals surface area contributed by atoms with Crippen LogP contribution in [-0.2, 0) is 15.7 Å². The zero-order valence-electron chi connectivity index (χ0n) is 16.5. The average Bonchev–Trinajstić information content (AvgIpc) is 2.72. The van der Waals surface area contributed by atoms with E-state index in [0.717, 1.165) is 18.9 Å². The molecule has 1 unspecified atom stereocenters. The van der Waals surface area contributed by atoms with E-state index >= 15 is 0 Å². The fourth-order valence-corrected chi connectivity index (χ4v) is 3.57. The number of hydrogen-bond donors (Lipinski definition) is 0. The maximum atomic E-state index is 13.5. The molecule has 0 N–H and O–H groups in total. The number of anilines is 1. The van der Waals surface area contributed by atoms with Crippen LogP contribution < -0.4 is 4.90 Å². The zero-order valence-corrected chi connectivity index (χ0v) is 16.5. The Morgan fingerprint density at radius 2 is 2.03 bits per heavy atom. The van der Waals surface area contributed by atoms with Crippen LogP contribution in [-0.4, -0.2) is 41.1 Å². The van der Waals surface area contributed by atoms with E-state index in [1.54, 1.807) is 30.9 Å². The van der Waals surface area contributed by atoms with E-state index in [9.17, 15) is 18.0 Å². The minimum atomic E-state index is -4.60. The number of alkyl halides is 3. The molecule has 2 aromatic rings. The Hall–Kier alpha value is -2.71. The molecule has 0 saturated carbocycles. The van der Waals surface area contributed by atoms with Gasteiger partial charge >= 0.3 is 12.1 Å². The van der Waals surface area contributed by atoms with Crippen molar-refractivity contribution in [2.24, 2.45) is 11.3 Å². The molecule has 1 aliphatic heterocycles. The van der Waals surface area contributed by atoms with Crippen molar-refractivity contribution in [1.82, 2.24) is 15.0 Å². The highest BCUT2D eigenvalue weighted by atomic mass is 19.4. The molecule has 3 rings (SSSR count). The highest BCUT2D eigenvalue weighted by Crippen LogP contribution is 2.37. The van der Waals surface area contributed by atoms with Gasteiger partial charge in [-0.05, 0) is 44.7 Å². The van der Waals surface area contributed by atoms with Crippen molar-refractivity contribution in [3.63, 3.8) is 0 Å². The number of hydrogen-bond acceptors (Lipinski definition) is 6. The van der Waals surface area contributed by atoms with Gasteiger partial charge in [0.1, 0.15) is 5.82 Å². The number of nitrogens with zero attached hydrogens (tertiary/aromatic N) is 4. The quantitative estimate of drug-likeness (QED) is 0.713. The highest BCUT2D eigenvalue weighted by molar-refractivity contribution is 5.76. The van der Waals surface area contributed by atoms with Crippen LogP contribution in [0.4, 0.5) is 19.0 Å². The fraction of sp³-hybridized carbons (Fsp3) is 0.500. The second-order valence-electron chi connectivity index (χ2n) is 7.67. The Morgan fingerprint density at radius 3 is 2.66 bits per heavy atom. The van der Waals surface area contributed by atoms with Gasteiger partial charge in [0, 0.05) is 37.1 Å². The highest BCUT2D eigenvalue weighted by Gasteiger charge is 2.41. The lowest BCUT2D eigenvalue weighted by molar-refractivity contribution is -0.154. The lowest BCUT2D eigenvalue weighted by Crippen LogP contribution is -2.45. The third kappa shape index (κ3) is 4.49. The molecule has 3 heterocycles. The molecule has 0 aliphatic carbocycles. The maximum Gasteiger partial charge on any atom is 0.433 e. The summed E-state index contributed by atoms with van der Waals surface area (Å²) in [6.07, 6.45) is -0.125. The first-order valence-electron chi connectivity index (χ1n) is 9.33. The number of rotatable bonds is 4. The number of esters is 1. The molecule has 9 heteroatoms. The first kappa shape index (κ1) is 21.0. The van der Waals surface area contributed by atoms with Gasteiger partial charge in [0.15, 0.2) is 11.5 Å². The SMILES string of the molecule is COC(=O)C(C)(C)C1CCCN(c2cc(C(F)(F)F)nc(-c3cccnc3)n2)C1. The van der Waals surface area contributed by atoms with Crippen molar-refractivity contribution < 1.29 is 22.7 Å². The van der Waals surface area contributed by atoms with Gasteiger partial charge in [-0.2, -0.15) is 13.2 Å². The van der Waals surface area contributed by atoms with Crippen molar-refractivity contribution in [1.29, 1.82) is 0 Å². The number of ether oxygens (including phenoxy) is 1. The first-order valence-corrected chi connectivity index (χ1v) is 9.33. The van der Waals surface area contributed by atoms with Gasteiger partial charge in [-0.15, -0.1) is 0 Å². The molecular formula is C20H23F3N4O2. The lowest BCUT2D eigenvalue weighted by atomic mass is 9.74. The molecule has 29 heavy (non-hydrogen) atoms. The van der Waals surface area contributed by atoms with Crippen LogP contribution in [0.2, 0.25) is 0 Å². The number of piperidine rings is 1. The van der Waals surface area contributed by atoms with Gasteiger partial charge < -0.3 is 9.64 Å². The van der Waals surface area contributed by atoms with Crippen molar-refractivity contribution in [2.45, 2.75) is 32.9 Å². The number of methoxy groups -OCH3 is 1. The number of carbonyl (C=O) groups excluding carboxylic acids is 1. The standard InChI is InChI=1S/C20H23F3N4O2/c1-19(2,18(28)29-3)14-7-5-9-27(12-14)16-10-15(20(21,22)23)25-17(26-16)13-6-4-8-24-11-13/h4,6,8,10-11,14H,5,7,9,12H2,1-3H3. The van der Waals surface area contributed by atoms with Gasteiger partial charge in [0.2, 0.25) is 0 Å². The monoisotopic (exact) mass is 408 g/mol. The second-order valence-corrected chi connectivity index (χ2v) is 7.67. The molecule has 0 aromatic carbocycles. The predicted octanol–water partition coefficient (Wildman–Crippen LogP) is 3.97. The number of aromatic nitrogens is 3. The van der Waals surface area contributed by atoms with Crippen molar-refractivity contribution in [3.8, 4) is 11.4 Å². The Labute approximate surface area is 167 Å². The molecule has 2 aromatic heterocycles. The van der Waals surface area contributed by atoms with Crippen LogP contribution in [0.5, 0.6) is 0 Å². The third-order valence-corrected chi connectivity index (χ3v) is 5.40. The Kier molecular flexibility index (Phi) is 5.77. The third-order valence-electron chi connectivity index (χ3n) is 5.40. The summed E-state index contributed by atoms with van der Waals surface area (Å²) >= 11 is 0. The Morgan fingerprint density at radius 1 is 1.28 bits per heavy atom. The molecule has 1 aliphatic rings. The summed E-state index contributed by atoms with van der Waals surface area (Å²) in [4.78, 5) is 26.0. The van der Waals surface area contributed by atoms with Crippen molar-refractivity contribution in [2.75, 3.05) is 25.1 Å². The molecule has 6 nitrogen and oxygen atoms in total. The number of carbonyl (C=O) groups is 1. The van der Waals surface area contributed by atoms with E-state index in [0.29, 0.717) is 18.7 Å². The molecule has 0 spiro atoms. The summed E-state index contributed by atoms with van der Waals surface area (Å²) in [5.74, 6) is -0.247. The van der Waals surface area contributed by atoms with Crippen molar-refractivity contribution in [3.05, 3.63) is 36.3 Å². The maximum absolute atomic E-state index is 13.5. The summed E-state index contributed by atoms with van der Waals surface area (Å²) in [5.41, 5.74) is -1.35. The van der Waals surface area contributed by atoms with E-state index in [1.807, 2.05) is 0 Å². The van der Waals surface area contributed by atoms with E-state index in [1.165, 1.54) is 19.5 Å². The first-order chi connectivity index (χ1) is 13.6. The van der Waals surface area contributed by atoms with Crippen LogP contribution in [0.15, 0.2) is 30.6 Å². The summed E-state index contributed by atoms with van der Waals surface area (Å²) in [7, 11) is 1.34. The molecule has 156 valence electrons. The van der Waals surface area contributed by atoms with Crippen molar-refractivity contribution >= 4 is 11.8 Å². The van der Waals surface area contributed by atoms with Crippen LogP contribution in [0.25, 0.3) is 11.4 Å². The van der Waals surface area contributed by atoms with Gasteiger partial charge in [-0.3, -0.25) is 9.78 Å². The molecule has 1 atom stereocenters. The zero-order chi connectivity index (χ0) is 21.2. The van der Waals surface area contributed by atoms with Crippen LogP contribution in [0, 0.1) is 11.3 Å². The van der Waals surface area contributed by atoms with E-state index in [4.69, 9.17) is 4.74 Å². The van der Waals surface area contributed by atoms with E-state index < -0.39 is 17.3 Å². The predicted molar refractivity (Wildman–Crippen MR) is 101 cm³/mol. The lowest BCUT2D eigenvalue weighted by Gasteiger charge is -2.40. The Balaban J connectivity index is 1.98. The van der Waals surface area contributed by atoms with E-state index in [2.05, 4.69) is 15.0 Å². The molecule has 1 saturated heterocycles. The smallest absolute Gasteiger partial charge is 0.433 e. The second kappa shape index (κ2) is 7.96. The number of halogens is 3. The fourth-order valence-electron chi connectivity index (χ4n) is 3.57. The summed E-state index contributed by atoms with van der Waals surface area (Å²) in [5, 5.41) is 0. The molecule has 1 fully saturated rings. The van der Waals surface area contributed by atoms with Crippen LogP contribution in [0.3, 0.4) is 0 Å². The van der Waals surface area contributed by atoms with Gasteiger partial charge in [-0.25, -0.2) is 9.97 Å². The van der Waals surface area contributed by atoms with Gasteiger partial charge in [0.05, 0.1) is 12.5 Å². The molecule has 0 bridgehead atoms. The Bertz CT molecular complexity index is 872.